The molecule has 4 nitrogen and oxygen atoms in total. The molecule has 1 aliphatic carbocycles. The molecule has 0 aromatic rings. The third-order valence-corrected chi connectivity index (χ3v) is 5.23. The van der Waals surface area contributed by atoms with Crippen LogP contribution in [0.5, 0.6) is 0 Å². The quantitative estimate of drug-likeness (QED) is 0.797. The molecule has 1 rings (SSSR count). The van der Waals surface area contributed by atoms with Gasteiger partial charge in [-0.2, -0.15) is 0 Å². The minimum absolute atomic E-state index is 0.688. The summed E-state index contributed by atoms with van der Waals surface area (Å²) in [6.45, 7) is 5.47. The Bertz CT molecular complexity index is 291. The van der Waals surface area contributed by atoms with E-state index in [4.69, 9.17) is 5.14 Å². The van der Waals surface area contributed by atoms with E-state index in [0.717, 1.165) is 32.4 Å². The van der Waals surface area contributed by atoms with E-state index >= 15 is 0 Å². The van der Waals surface area contributed by atoms with Crippen molar-refractivity contribution in [1.82, 2.24) is 4.90 Å². The molecule has 0 heterocycles. The lowest BCUT2D eigenvalue weighted by molar-refractivity contribution is 0.131. The molecule has 0 spiro atoms. The summed E-state index contributed by atoms with van der Waals surface area (Å²) in [5.41, 5.74) is 0. The molecule has 0 aliphatic heterocycles. The van der Waals surface area contributed by atoms with Crippen molar-refractivity contribution in [2.75, 3.05) is 13.1 Å². The van der Waals surface area contributed by atoms with Gasteiger partial charge in [-0.15, -0.1) is 0 Å². The third kappa shape index (κ3) is 2.34. The molecular weight excluding hydrogens is 212 g/mol. The number of hydrogen-bond acceptors (Lipinski definition) is 3. The van der Waals surface area contributed by atoms with Crippen LogP contribution in [0.1, 0.15) is 46.0 Å². The second-order valence-electron chi connectivity index (χ2n) is 4.22. The first-order valence-electron chi connectivity index (χ1n) is 5.75. The normalized spacial score (nSPS) is 21.9. The monoisotopic (exact) mass is 234 g/mol. The van der Waals surface area contributed by atoms with Crippen molar-refractivity contribution in [3.05, 3.63) is 0 Å². The number of rotatable bonds is 4. The smallest absolute Gasteiger partial charge is 0.228 e. The van der Waals surface area contributed by atoms with Gasteiger partial charge < -0.3 is 0 Å². The molecule has 0 amide bonds. The van der Waals surface area contributed by atoms with Gasteiger partial charge >= 0.3 is 0 Å². The molecule has 0 unspecified atom stereocenters. The molecule has 1 aliphatic rings. The second-order valence-corrected chi connectivity index (χ2v) is 6.07. The van der Waals surface area contributed by atoms with E-state index in [1.54, 1.807) is 0 Å². The highest BCUT2D eigenvalue weighted by Gasteiger charge is 2.46. The van der Waals surface area contributed by atoms with E-state index in [2.05, 4.69) is 0 Å². The Balaban J connectivity index is 3.05. The van der Waals surface area contributed by atoms with E-state index in [9.17, 15) is 8.42 Å². The van der Waals surface area contributed by atoms with Crippen LogP contribution in [0.25, 0.3) is 0 Å². The summed E-state index contributed by atoms with van der Waals surface area (Å²) in [5, 5.41) is 5.43. The van der Waals surface area contributed by atoms with Gasteiger partial charge in [-0.1, -0.05) is 33.1 Å². The number of nitrogens with zero attached hydrogens (tertiary/aromatic N) is 1. The van der Waals surface area contributed by atoms with Gasteiger partial charge in [-0.25, -0.2) is 13.6 Å². The summed E-state index contributed by atoms with van der Waals surface area (Å²) in [6, 6.07) is 0. The Labute approximate surface area is 92.9 Å². The maximum Gasteiger partial charge on any atom is 0.228 e. The SMILES string of the molecule is CCN(CC)C1(S(N)(=O)=O)CCCCC1. The fraction of sp³-hybridized carbons (Fsp3) is 1.00. The van der Waals surface area contributed by atoms with Crippen LogP contribution in [0.4, 0.5) is 0 Å². The summed E-state index contributed by atoms with van der Waals surface area (Å²) < 4.78 is 23.6. The standard InChI is InChI=1S/C10H22N2O2S/c1-3-12(4-2)10(15(11,13)14)8-6-5-7-9-10/h3-9H2,1-2H3,(H2,11,13,14). The number of nitrogens with two attached hydrogens (primary N) is 1. The molecule has 0 bridgehead atoms. The summed E-state index contributed by atoms with van der Waals surface area (Å²) in [4.78, 5) is 1.22. The molecule has 5 heteroatoms. The van der Waals surface area contributed by atoms with E-state index in [-0.39, 0.29) is 0 Å². The fourth-order valence-corrected chi connectivity index (χ4v) is 4.16. The maximum absolute atomic E-state index is 11.8. The molecule has 0 aromatic heterocycles. The summed E-state index contributed by atoms with van der Waals surface area (Å²) in [5.74, 6) is 0. The van der Waals surface area contributed by atoms with Crippen LogP contribution >= 0.6 is 0 Å². The van der Waals surface area contributed by atoms with Crippen LogP contribution in [-0.4, -0.2) is 31.3 Å². The van der Waals surface area contributed by atoms with Gasteiger partial charge in [0.1, 0.15) is 4.87 Å². The zero-order valence-electron chi connectivity index (χ0n) is 9.70. The highest BCUT2D eigenvalue weighted by Crippen LogP contribution is 2.36. The molecule has 15 heavy (non-hydrogen) atoms. The van der Waals surface area contributed by atoms with E-state index in [1.807, 2.05) is 18.7 Å². The first-order valence-corrected chi connectivity index (χ1v) is 7.30. The van der Waals surface area contributed by atoms with Gasteiger partial charge in [0.2, 0.25) is 10.0 Å². The predicted octanol–water partition coefficient (Wildman–Crippen LogP) is 1.28. The molecule has 2 N–H and O–H groups in total. The van der Waals surface area contributed by atoms with Crippen LogP contribution in [-0.2, 0) is 10.0 Å². The molecular formula is C10H22N2O2S. The van der Waals surface area contributed by atoms with E-state index in [1.165, 1.54) is 0 Å². The first kappa shape index (κ1) is 12.9. The minimum atomic E-state index is -3.48. The fourth-order valence-electron chi connectivity index (χ4n) is 2.68. The van der Waals surface area contributed by atoms with Crippen LogP contribution in [0.2, 0.25) is 0 Å². The van der Waals surface area contributed by atoms with Gasteiger partial charge in [0, 0.05) is 0 Å². The van der Waals surface area contributed by atoms with Crippen molar-refractivity contribution < 1.29 is 8.42 Å². The predicted molar refractivity (Wildman–Crippen MR) is 61.8 cm³/mol. The topological polar surface area (TPSA) is 63.4 Å². The zero-order chi connectivity index (χ0) is 11.5. The lowest BCUT2D eigenvalue weighted by Gasteiger charge is -2.43. The van der Waals surface area contributed by atoms with Crippen LogP contribution in [0.3, 0.4) is 0 Å². The maximum atomic E-state index is 11.8. The zero-order valence-corrected chi connectivity index (χ0v) is 10.5. The average Bonchev–Trinajstić information content (AvgIpc) is 2.19. The van der Waals surface area contributed by atoms with Gasteiger partial charge in [-0.3, -0.25) is 4.90 Å². The molecule has 0 aromatic carbocycles. The Kier molecular flexibility index (Phi) is 4.14. The third-order valence-electron chi connectivity index (χ3n) is 3.50. The summed E-state index contributed by atoms with van der Waals surface area (Å²) >= 11 is 0. The summed E-state index contributed by atoms with van der Waals surface area (Å²) in [7, 11) is -3.48. The summed E-state index contributed by atoms with van der Waals surface area (Å²) in [6.07, 6.45) is 4.43. The van der Waals surface area contributed by atoms with Crippen LogP contribution in [0, 0.1) is 0 Å². The lowest BCUT2D eigenvalue weighted by Crippen LogP contribution is -2.57. The Morgan fingerprint density at radius 3 is 1.93 bits per heavy atom. The van der Waals surface area contributed by atoms with Crippen molar-refractivity contribution in [3.63, 3.8) is 0 Å². The van der Waals surface area contributed by atoms with Crippen molar-refractivity contribution in [3.8, 4) is 0 Å². The second kappa shape index (κ2) is 4.80. The Morgan fingerprint density at radius 2 is 1.60 bits per heavy atom. The van der Waals surface area contributed by atoms with Crippen molar-refractivity contribution in [2.45, 2.75) is 50.8 Å². The van der Waals surface area contributed by atoms with Crippen molar-refractivity contribution >= 4 is 10.0 Å². The van der Waals surface area contributed by atoms with Crippen molar-refractivity contribution in [2.24, 2.45) is 5.14 Å². The Morgan fingerprint density at radius 1 is 1.13 bits per heavy atom. The molecule has 0 radical (unpaired) electrons. The lowest BCUT2D eigenvalue weighted by atomic mass is 9.93. The van der Waals surface area contributed by atoms with Gasteiger partial charge in [-0.05, 0) is 25.9 Å². The molecule has 90 valence electrons. The molecule has 1 fully saturated rings. The minimum Gasteiger partial charge on any atom is -0.284 e. The van der Waals surface area contributed by atoms with Crippen LogP contribution in [0.15, 0.2) is 0 Å². The number of hydrogen-bond donors (Lipinski definition) is 1. The van der Waals surface area contributed by atoms with Crippen LogP contribution < -0.4 is 5.14 Å². The Hall–Kier alpha value is -0.130. The number of primary sulfonamides is 1. The van der Waals surface area contributed by atoms with E-state index in [0.29, 0.717) is 12.8 Å². The molecule has 1 saturated carbocycles. The molecule has 0 saturated heterocycles. The van der Waals surface area contributed by atoms with E-state index < -0.39 is 14.9 Å². The average molecular weight is 234 g/mol. The van der Waals surface area contributed by atoms with Gasteiger partial charge in [0.25, 0.3) is 0 Å². The van der Waals surface area contributed by atoms with Gasteiger partial charge in [0.15, 0.2) is 0 Å². The highest BCUT2D eigenvalue weighted by atomic mass is 32.2. The molecule has 0 atom stereocenters. The first-order chi connectivity index (χ1) is 6.98. The largest absolute Gasteiger partial charge is 0.284 e. The van der Waals surface area contributed by atoms with Crippen molar-refractivity contribution in [1.29, 1.82) is 0 Å². The number of sulfonamides is 1. The van der Waals surface area contributed by atoms with Gasteiger partial charge in [0.05, 0.1) is 0 Å². The highest BCUT2D eigenvalue weighted by molar-refractivity contribution is 7.90.